The van der Waals surface area contributed by atoms with Crippen LogP contribution in [-0.2, 0) is 9.53 Å². The first kappa shape index (κ1) is 12.1. The Kier molecular flexibility index (Phi) is 3.20. The molecular weight excluding hydrogens is 201 g/mol. The van der Waals surface area contributed by atoms with Gasteiger partial charge in [0.2, 0.25) is 0 Å². The molecule has 0 radical (unpaired) electrons. The average Bonchev–Trinajstić information content (AvgIpc) is 1.82. The van der Waals surface area contributed by atoms with Gasteiger partial charge in [0.25, 0.3) is 0 Å². The number of hydrogen-bond donors (Lipinski definition) is 1. The number of rotatable bonds is 2. The Balaban J connectivity index is 4.56. The zero-order valence-corrected chi connectivity index (χ0v) is 6.36. The Hall–Kier alpha value is -0.920. The summed E-state index contributed by atoms with van der Waals surface area (Å²) in [5.41, 5.74) is 4.69. The fourth-order valence-electron chi connectivity index (χ4n) is 0.359. The first-order valence-corrected chi connectivity index (χ1v) is 3.00. The minimum atomic E-state index is -5.96. The van der Waals surface area contributed by atoms with Gasteiger partial charge in [0, 0.05) is 0 Å². The SMILES string of the molecule is CC(N)OC(=O)C(F)(F)C(F)(F)F. The van der Waals surface area contributed by atoms with Gasteiger partial charge in [-0.05, 0) is 6.92 Å². The molecule has 0 saturated carbocycles. The molecule has 8 heteroatoms. The van der Waals surface area contributed by atoms with Crippen molar-refractivity contribution in [2.24, 2.45) is 5.73 Å². The van der Waals surface area contributed by atoms with Crippen molar-refractivity contribution in [3.8, 4) is 0 Å². The smallest absolute Gasteiger partial charge is 0.442 e. The van der Waals surface area contributed by atoms with Crippen LogP contribution in [0.15, 0.2) is 0 Å². The maximum atomic E-state index is 12.0. The van der Waals surface area contributed by atoms with E-state index in [-0.39, 0.29) is 0 Å². The second-order valence-corrected chi connectivity index (χ2v) is 2.18. The van der Waals surface area contributed by atoms with E-state index in [1.54, 1.807) is 0 Å². The molecule has 2 N–H and O–H groups in total. The average molecular weight is 207 g/mol. The molecule has 0 fully saturated rings. The van der Waals surface area contributed by atoms with Gasteiger partial charge in [0.1, 0.15) is 6.23 Å². The largest absolute Gasteiger partial charge is 0.465 e. The molecule has 0 heterocycles. The molecule has 1 unspecified atom stereocenters. The molecule has 0 aromatic heterocycles. The van der Waals surface area contributed by atoms with Gasteiger partial charge in [-0.3, -0.25) is 5.73 Å². The topological polar surface area (TPSA) is 52.3 Å². The normalized spacial score (nSPS) is 15.3. The first-order chi connectivity index (χ1) is 5.59. The third kappa shape index (κ3) is 2.79. The van der Waals surface area contributed by atoms with Gasteiger partial charge in [0.05, 0.1) is 0 Å². The van der Waals surface area contributed by atoms with Crippen LogP contribution in [0.2, 0.25) is 0 Å². The summed E-state index contributed by atoms with van der Waals surface area (Å²) >= 11 is 0. The molecule has 0 bridgehead atoms. The number of carbonyl (C=O) groups excluding carboxylic acids is 1. The lowest BCUT2D eigenvalue weighted by atomic mass is 10.3. The fraction of sp³-hybridized carbons (Fsp3) is 0.800. The van der Waals surface area contributed by atoms with Gasteiger partial charge in [0.15, 0.2) is 0 Å². The highest BCUT2D eigenvalue weighted by Crippen LogP contribution is 2.36. The quantitative estimate of drug-likeness (QED) is 0.418. The second kappa shape index (κ2) is 3.44. The van der Waals surface area contributed by atoms with Crippen molar-refractivity contribution in [1.29, 1.82) is 0 Å². The van der Waals surface area contributed by atoms with Crippen LogP contribution in [0.25, 0.3) is 0 Å². The van der Waals surface area contributed by atoms with Crippen molar-refractivity contribution in [3.05, 3.63) is 0 Å². The predicted molar refractivity (Wildman–Crippen MR) is 30.7 cm³/mol. The summed E-state index contributed by atoms with van der Waals surface area (Å²) in [6.45, 7) is 0.949. The standard InChI is InChI=1S/C5H6F5NO2/c1-2(11)13-3(12)4(6,7)5(8,9)10/h2H,11H2,1H3. The molecule has 0 aromatic rings. The summed E-state index contributed by atoms with van der Waals surface area (Å²) in [4.78, 5) is 10.1. The van der Waals surface area contributed by atoms with Crippen molar-refractivity contribution in [3.63, 3.8) is 0 Å². The first-order valence-electron chi connectivity index (χ1n) is 3.00. The minimum absolute atomic E-state index is 0.949. The van der Waals surface area contributed by atoms with Crippen LogP contribution in [0.4, 0.5) is 22.0 Å². The summed E-state index contributed by atoms with van der Waals surface area (Å²) in [6.07, 6.45) is -7.47. The summed E-state index contributed by atoms with van der Waals surface area (Å²) in [7, 11) is 0. The molecule has 0 amide bonds. The van der Waals surface area contributed by atoms with E-state index in [1.807, 2.05) is 0 Å². The highest BCUT2D eigenvalue weighted by Gasteiger charge is 2.65. The van der Waals surface area contributed by atoms with Crippen LogP contribution >= 0.6 is 0 Å². The van der Waals surface area contributed by atoms with E-state index in [0.717, 1.165) is 6.92 Å². The van der Waals surface area contributed by atoms with E-state index in [9.17, 15) is 26.7 Å². The molecule has 0 saturated heterocycles. The van der Waals surface area contributed by atoms with Crippen LogP contribution in [0.5, 0.6) is 0 Å². The Morgan fingerprint density at radius 2 is 1.69 bits per heavy atom. The summed E-state index contributed by atoms with van der Waals surface area (Å²) in [5, 5.41) is 0. The van der Waals surface area contributed by atoms with Crippen molar-refractivity contribution in [1.82, 2.24) is 0 Å². The van der Waals surface area contributed by atoms with Gasteiger partial charge in [-0.15, -0.1) is 0 Å². The summed E-state index contributed by atoms with van der Waals surface area (Å²) in [6, 6.07) is 0. The number of esters is 1. The van der Waals surface area contributed by atoms with E-state index in [4.69, 9.17) is 0 Å². The third-order valence-corrected chi connectivity index (χ3v) is 0.905. The van der Waals surface area contributed by atoms with Crippen LogP contribution in [0.1, 0.15) is 6.92 Å². The van der Waals surface area contributed by atoms with Crippen LogP contribution < -0.4 is 5.73 Å². The lowest BCUT2D eigenvalue weighted by Gasteiger charge is -2.18. The molecule has 0 aromatic carbocycles. The molecule has 78 valence electrons. The Morgan fingerprint density at radius 1 is 1.31 bits per heavy atom. The highest BCUT2D eigenvalue weighted by molar-refractivity contribution is 5.78. The number of nitrogens with two attached hydrogens (primary N) is 1. The molecular formula is C5H6F5NO2. The predicted octanol–water partition coefficient (Wildman–Crippen LogP) is 1.03. The zero-order valence-electron chi connectivity index (χ0n) is 6.36. The Labute approximate surface area is 69.6 Å². The minimum Gasteiger partial charge on any atom is -0.442 e. The Bertz CT molecular complexity index is 200. The number of halogens is 5. The molecule has 0 aliphatic carbocycles. The van der Waals surface area contributed by atoms with Gasteiger partial charge in [-0.2, -0.15) is 22.0 Å². The number of ether oxygens (including phenoxy) is 1. The molecule has 13 heavy (non-hydrogen) atoms. The van der Waals surface area contributed by atoms with Crippen LogP contribution in [0, 0.1) is 0 Å². The maximum Gasteiger partial charge on any atom is 0.465 e. The van der Waals surface area contributed by atoms with E-state index in [0.29, 0.717) is 0 Å². The van der Waals surface area contributed by atoms with Crippen LogP contribution in [-0.4, -0.2) is 24.3 Å². The number of alkyl halides is 5. The molecule has 0 aliphatic rings. The van der Waals surface area contributed by atoms with E-state index < -0.39 is 24.3 Å². The fourth-order valence-corrected chi connectivity index (χ4v) is 0.359. The van der Waals surface area contributed by atoms with E-state index in [2.05, 4.69) is 10.5 Å². The second-order valence-electron chi connectivity index (χ2n) is 2.18. The molecule has 3 nitrogen and oxygen atoms in total. The van der Waals surface area contributed by atoms with Crippen molar-refractivity contribution in [2.45, 2.75) is 25.3 Å². The Morgan fingerprint density at radius 3 is 1.92 bits per heavy atom. The molecule has 0 rings (SSSR count). The summed E-state index contributed by atoms with van der Waals surface area (Å²) < 4.78 is 61.9. The third-order valence-electron chi connectivity index (χ3n) is 0.905. The monoisotopic (exact) mass is 207 g/mol. The highest BCUT2D eigenvalue weighted by atomic mass is 19.4. The van der Waals surface area contributed by atoms with Crippen molar-refractivity contribution < 1.29 is 31.5 Å². The molecule has 1 atom stereocenters. The van der Waals surface area contributed by atoms with Gasteiger partial charge < -0.3 is 4.74 Å². The maximum absolute atomic E-state index is 12.0. The lowest BCUT2D eigenvalue weighted by Crippen LogP contribution is -2.47. The summed E-state index contributed by atoms with van der Waals surface area (Å²) in [5.74, 6) is -8.21. The van der Waals surface area contributed by atoms with Crippen molar-refractivity contribution in [2.75, 3.05) is 0 Å². The van der Waals surface area contributed by atoms with Crippen molar-refractivity contribution >= 4 is 5.97 Å². The number of hydrogen-bond acceptors (Lipinski definition) is 3. The van der Waals surface area contributed by atoms with Gasteiger partial charge in [-0.25, -0.2) is 4.79 Å². The zero-order chi connectivity index (χ0) is 10.9. The van der Waals surface area contributed by atoms with E-state index >= 15 is 0 Å². The van der Waals surface area contributed by atoms with Gasteiger partial charge >= 0.3 is 18.1 Å². The molecule has 0 spiro atoms. The van der Waals surface area contributed by atoms with Crippen LogP contribution in [0.3, 0.4) is 0 Å². The van der Waals surface area contributed by atoms with E-state index in [1.165, 1.54) is 0 Å². The lowest BCUT2D eigenvalue weighted by molar-refractivity contribution is -0.282. The molecule has 0 aliphatic heterocycles. The van der Waals surface area contributed by atoms with Gasteiger partial charge in [-0.1, -0.05) is 0 Å². The number of carbonyl (C=O) groups is 1.